The third kappa shape index (κ3) is 2.76. The molecule has 0 spiro atoms. The second kappa shape index (κ2) is 6.33. The van der Waals surface area contributed by atoms with E-state index in [1.807, 2.05) is 12.1 Å². The Hall–Kier alpha value is -1.89. The first-order valence-electron chi connectivity index (χ1n) is 7.08. The van der Waals surface area contributed by atoms with E-state index < -0.39 is 0 Å². The standard InChI is InChI=1S/C15H13N.C3H8/c1-2-11-12-7-3-5-9-14(12)16-15-10-6-4-8-13(11)15;1-3-2/h3-10H,2H2,1H3;3H2,1-2H3. The molecule has 0 radical (unpaired) electrons. The van der Waals surface area contributed by atoms with Crippen molar-refractivity contribution in [2.75, 3.05) is 0 Å². The van der Waals surface area contributed by atoms with Gasteiger partial charge >= 0.3 is 0 Å². The molecule has 0 amide bonds. The van der Waals surface area contributed by atoms with Crippen LogP contribution in [0.15, 0.2) is 48.5 Å². The summed E-state index contributed by atoms with van der Waals surface area (Å²) in [6.45, 7) is 6.45. The van der Waals surface area contributed by atoms with Crippen LogP contribution in [-0.2, 0) is 6.42 Å². The third-order valence-corrected chi connectivity index (χ3v) is 3.05. The van der Waals surface area contributed by atoms with E-state index in [1.54, 1.807) is 0 Å². The van der Waals surface area contributed by atoms with Crippen LogP contribution in [0.2, 0.25) is 0 Å². The lowest BCUT2D eigenvalue weighted by atomic mass is 10.0. The summed E-state index contributed by atoms with van der Waals surface area (Å²) in [5.74, 6) is 0. The van der Waals surface area contributed by atoms with Gasteiger partial charge in [0, 0.05) is 10.8 Å². The molecular formula is C18H21N. The van der Waals surface area contributed by atoms with Gasteiger partial charge in [0.2, 0.25) is 0 Å². The van der Waals surface area contributed by atoms with Crippen molar-refractivity contribution < 1.29 is 0 Å². The van der Waals surface area contributed by atoms with Gasteiger partial charge in [-0.2, -0.15) is 0 Å². The van der Waals surface area contributed by atoms with E-state index in [2.05, 4.69) is 62.2 Å². The number of aryl methyl sites for hydroxylation is 1. The van der Waals surface area contributed by atoms with Gasteiger partial charge in [0.1, 0.15) is 0 Å². The van der Waals surface area contributed by atoms with Gasteiger partial charge in [0.25, 0.3) is 0 Å². The molecule has 0 aliphatic heterocycles. The van der Waals surface area contributed by atoms with Gasteiger partial charge in [-0.1, -0.05) is 63.6 Å². The normalized spacial score (nSPS) is 10.3. The van der Waals surface area contributed by atoms with Gasteiger partial charge < -0.3 is 0 Å². The summed E-state index contributed by atoms with van der Waals surface area (Å²) >= 11 is 0. The van der Waals surface area contributed by atoms with Crippen LogP contribution in [0.3, 0.4) is 0 Å². The highest BCUT2D eigenvalue weighted by Gasteiger charge is 2.05. The fourth-order valence-electron chi connectivity index (χ4n) is 2.31. The molecule has 1 heteroatoms. The van der Waals surface area contributed by atoms with E-state index in [9.17, 15) is 0 Å². The predicted octanol–water partition coefficient (Wildman–Crippen LogP) is 5.37. The number of hydrogen-bond acceptors (Lipinski definition) is 1. The van der Waals surface area contributed by atoms with Crippen molar-refractivity contribution in [1.29, 1.82) is 0 Å². The smallest absolute Gasteiger partial charge is 0.0712 e. The van der Waals surface area contributed by atoms with Gasteiger partial charge in [0.15, 0.2) is 0 Å². The van der Waals surface area contributed by atoms with Crippen molar-refractivity contribution in [3.05, 3.63) is 54.1 Å². The lowest BCUT2D eigenvalue weighted by molar-refractivity contribution is 1.09. The first-order chi connectivity index (χ1) is 9.31. The van der Waals surface area contributed by atoms with Crippen molar-refractivity contribution in [2.45, 2.75) is 33.6 Å². The minimum Gasteiger partial charge on any atom is -0.248 e. The Kier molecular flexibility index (Phi) is 4.51. The predicted molar refractivity (Wildman–Crippen MR) is 84.6 cm³/mol. The van der Waals surface area contributed by atoms with Crippen LogP contribution in [0.25, 0.3) is 21.8 Å². The molecule has 2 aromatic carbocycles. The van der Waals surface area contributed by atoms with Crippen LogP contribution in [0.5, 0.6) is 0 Å². The Morgan fingerprint density at radius 2 is 1.16 bits per heavy atom. The summed E-state index contributed by atoms with van der Waals surface area (Å²) in [6, 6.07) is 16.7. The lowest BCUT2D eigenvalue weighted by Gasteiger charge is -2.08. The maximum Gasteiger partial charge on any atom is 0.0712 e. The molecule has 0 N–H and O–H groups in total. The lowest BCUT2D eigenvalue weighted by Crippen LogP contribution is -1.90. The molecular weight excluding hydrogens is 230 g/mol. The molecule has 0 saturated heterocycles. The largest absolute Gasteiger partial charge is 0.248 e. The van der Waals surface area contributed by atoms with Crippen molar-refractivity contribution in [1.82, 2.24) is 4.98 Å². The van der Waals surface area contributed by atoms with E-state index in [0.717, 1.165) is 17.5 Å². The number of fused-ring (bicyclic) bond motifs is 2. The fraction of sp³-hybridized carbons (Fsp3) is 0.278. The summed E-state index contributed by atoms with van der Waals surface area (Å²) in [5, 5.41) is 2.56. The molecule has 0 atom stereocenters. The zero-order valence-corrected chi connectivity index (χ0v) is 12.0. The average Bonchev–Trinajstić information content (AvgIpc) is 2.45. The molecule has 3 aromatic rings. The van der Waals surface area contributed by atoms with Crippen LogP contribution >= 0.6 is 0 Å². The fourth-order valence-corrected chi connectivity index (χ4v) is 2.31. The molecule has 0 bridgehead atoms. The van der Waals surface area contributed by atoms with Crippen molar-refractivity contribution >= 4 is 21.8 Å². The van der Waals surface area contributed by atoms with Gasteiger partial charge in [-0.15, -0.1) is 0 Å². The highest BCUT2D eigenvalue weighted by atomic mass is 14.7. The molecule has 0 saturated carbocycles. The summed E-state index contributed by atoms with van der Waals surface area (Å²) in [4.78, 5) is 4.69. The number of benzene rings is 2. The number of para-hydroxylation sites is 2. The number of pyridine rings is 1. The SMILES string of the molecule is CCC.CCc1c2ccccc2nc2ccccc12. The first-order valence-corrected chi connectivity index (χ1v) is 7.08. The minimum absolute atomic E-state index is 1.05. The van der Waals surface area contributed by atoms with Gasteiger partial charge in [-0.25, -0.2) is 4.98 Å². The zero-order valence-electron chi connectivity index (χ0n) is 12.0. The highest BCUT2D eigenvalue weighted by molar-refractivity contribution is 5.97. The Labute approximate surface area is 115 Å². The van der Waals surface area contributed by atoms with Gasteiger partial charge in [0.05, 0.1) is 11.0 Å². The van der Waals surface area contributed by atoms with E-state index in [1.165, 1.54) is 22.8 Å². The molecule has 0 aliphatic rings. The van der Waals surface area contributed by atoms with E-state index in [-0.39, 0.29) is 0 Å². The minimum atomic E-state index is 1.05. The third-order valence-electron chi connectivity index (χ3n) is 3.05. The molecule has 1 nitrogen and oxygen atoms in total. The maximum absolute atomic E-state index is 4.69. The van der Waals surface area contributed by atoms with E-state index in [4.69, 9.17) is 0 Å². The average molecular weight is 251 g/mol. The Morgan fingerprint density at radius 3 is 1.58 bits per heavy atom. The molecule has 1 aromatic heterocycles. The van der Waals surface area contributed by atoms with Crippen molar-refractivity contribution in [2.24, 2.45) is 0 Å². The molecule has 3 rings (SSSR count). The second-order valence-electron chi connectivity index (χ2n) is 4.69. The number of rotatable bonds is 1. The first kappa shape index (κ1) is 13.5. The van der Waals surface area contributed by atoms with Gasteiger partial charge in [-0.05, 0) is 24.1 Å². The van der Waals surface area contributed by atoms with Crippen LogP contribution in [0, 0.1) is 0 Å². The molecule has 0 fully saturated rings. The quantitative estimate of drug-likeness (QED) is 0.530. The Balaban J connectivity index is 0.000000408. The topological polar surface area (TPSA) is 12.9 Å². The number of aromatic nitrogens is 1. The number of hydrogen-bond donors (Lipinski definition) is 0. The van der Waals surface area contributed by atoms with Crippen molar-refractivity contribution in [3.63, 3.8) is 0 Å². The van der Waals surface area contributed by atoms with Crippen LogP contribution in [0.1, 0.15) is 32.8 Å². The van der Waals surface area contributed by atoms with Crippen LogP contribution < -0.4 is 0 Å². The van der Waals surface area contributed by atoms with E-state index >= 15 is 0 Å². The van der Waals surface area contributed by atoms with E-state index in [0.29, 0.717) is 0 Å². The monoisotopic (exact) mass is 251 g/mol. The summed E-state index contributed by atoms with van der Waals surface area (Å²) < 4.78 is 0. The van der Waals surface area contributed by atoms with Crippen molar-refractivity contribution in [3.8, 4) is 0 Å². The summed E-state index contributed by atoms with van der Waals surface area (Å²) in [7, 11) is 0. The van der Waals surface area contributed by atoms with Crippen LogP contribution in [0.4, 0.5) is 0 Å². The Bertz CT molecular complexity index is 617. The van der Waals surface area contributed by atoms with Gasteiger partial charge in [-0.3, -0.25) is 0 Å². The van der Waals surface area contributed by atoms with Crippen LogP contribution in [-0.4, -0.2) is 4.98 Å². The molecule has 0 aliphatic carbocycles. The second-order valence-corrected chi connectivity index (χ2v) is 4.69. The molecule has 19 heavy (non-hydrogen) atoms. The molecule has 98 valence electrons. The summed E-state index contributed by atoms with van der Waals surface area (Å²) in [6.07, 6.45) is 2.30. The summed E-state index contributed by atoms with van der Waals surface area (Å²) in [5.41, 5.74) is 3.59. The molecule has 1 heterocycles. The maximum atomic E-state index is 4.69. The zero-order chi connectivity index (χ0) is 13.7. The molecule has 0 unspecified atom stereocenters. The Morgan fingerprint density at radius 1 is 0.737 bits per heavy atom. The highest BCUT2D eigenvalue weighted by Crippen LogP contribution is 2.25. The number of nitrogens with zero attached hydrogens (tertiary/aromatic N) is 1.